The molecule has 6 rings (SSSR count). The quantitative estimate of drug-likeness (QED) is 0.280. The number of rotatable bonds is 11. The van der Waals surface area contributed by atoms with E-state index in [4.69, 9.17) is 4.98 Å². The zero-order valence-corrected chi connectivity index (χ0v) is 24.9. The van der Waals surface area contributed by atoms with E-state index in [-0.39, 0.29) is 11.7 Å². The summed E-state index contributed by atoms with van der Waals surface area (Å²) in [4.78, 5) is 23.5. The number of nitrogens with zero attached hydrogens (tertiary/aromatic N) is 3. The molecule has 5 nitrogen and oxygen atoms in total. The molecule has 3 aliphatic rings. The Bertz CT molecular complexity index is 1320. The Labute approximate surface area is 247 Å². The fourth-order valence-corrected chi connectivity index (χ4v) is 8.44. The van der Waals surface area contributed by atoms with Gasteiger partial charge in [0.15, 0.2) is 0 Å². The number of carbonyl (C=O) groups is 1. The van der Waals surface area contributed by atoms with Gasteiger partial charge in [0.05, 0.1) is 10.7 Å². The molecule has 1 aromatic heterocycles. The lowest BCUT2D eigenvalue weighted by molar-refractivity contribution is -0.143. The first-order valence-electron chi connectivity index (χ1n) is 15.4. The molecule has 2 saturated heterocycles. The van der Waals surface area contributed by atoms with Crippen molar-refractivity contribution in [3.63, 3.8) is 0 Å². The van der Waals surface area contributed by atoms with Crippen molar-refractivity contribution >= 4 is 17.3 Å². The van der Waals surface area contributed by atoms with Gasteiger partial charge in [0.2, 0.25) is 0 Å². The van der Waals surface area contributed by atoms with Crippen LogP contribution >= 0.6 is 11.3 Å². The number of carboxylic acids is 1. The second-order valence-corrected chi connectivity index (χ2v) is 13.5. The topological polar surface area (TPSA) is 56.7 Å². The molecule has 3 heterocycles. The smallest absolute Gasteiger partial charge is 0.320 e. The fourth-order valence-electron chi connectivity index (χ4n) is 7.08. The van der Waals surface area contributed by atoms with Gasteiger partial charge < -0.3 is 10.0 Å². The lowest BCUT2D eigenvalue weighted by Gasteiger charge is -2.34. The molecule has 0 bridgehead atoms. The van der Waals surface area contributed by atoms with Crippen molar-refractivity contribution in [1.82, 2.24) is 14.8 Å². The van der Waals surface area contributed by atoms with Crippen molar-refractivity contribution in [1.29, 1.82) is 0 Å². The second kappa shape index (κ2) is 12.7. The predicted octanol–water partition coefficient (Wildman–Crippen LogP) is 6.58. The van der Waals surface area contributed by atoms with Crippen LogP contribution in [0.1, 0.15) is 77.6 Å². The highest BCUT2D eigenvalue weighted by Crippen LogP contribution is 2.41. The number of thiazole rings is 1. The second-order valence-electron chi connectivity index (χ2n) is 12.4. The van der Waals surface area contributed by atoms with Crippen LogP contribution in [0.3, 0.4) is 0 Å². The van der Waals surface area contributed by atoms with Crippen LogP contribution in [0.15, 0.2) is 54.6 Å². The maximum absolute atomic E-state index is 14.2. The van der Waals surface area contributed by atoms with Crippen LogP contribution in [0.2, 0.25) is 0 Å². The number of aromatic nitrogens is 1. The van der Waals surface area contributed by atoms with Crippen LogP contribution in [0.4, 0.5) is 4.39 Å². The molecule has 218 valence electrons. The number of aliphatic carboxylic acids is 1. The summed E-state index contributed by atoms with van der Waals surface area (Å²) in [5.41, 5.74) is 3.59. The SMILES string of the molecule is CCc1nc(Cc2ccccc2)sc1C1CCN(CC2CN(C(CC3CC3)C(=O)O)CC2c2cccc(F)c2)CC1. The van der Waals surface area contributed by atoms with E-state index in [1.54, 1.807) is 12.1 Å². The van der Waals surface area contributed by atoms with Gasteiger partial charge in [-0.1, -0.05) is 62.2 Å². The Hall–Kier alpha value is -2.61. The molecule has 1 aliphatic carbocycles. The summed E-state index contributed by atoms with van der Waals surface area (Å²) in [5, 5.41) is 11.3. The van der Waals surface area contributed by atoms with E-state index in [1.165, 1.54) is 27.2 Å². The molecule has 3 fully saturated rings. The van der Waals surface area contributed by atoms with Gasteiger partial charge in [-0.25, -0.2) is 9.37 Å². The van der Waals surface area contributed by atoms with Crippen molar-refractivity contribution in [2.24, 2.45) is 11.8 Å². The summed E-state index contributed by atoms with van der Waals surface area (Å²) in [5.74, 6) is 0.627. The largest absolute Gasteiger partial charge is 0.480 e. The molecule has 7 heteroatoms. The van der Waals surface area contributed by atoms with E-state index >= 15 is 0 Å². The molecule has 41 heavy (non-hydrogen) atoms. The molecule has 3 unspecified atom stereocenters. The third-order valence-corrected chi connectivity index (χ3v) is 10.7. The van der Waals surface area contributed by atoms with Crippen molar-refractivity contribution < 1.29 is 14.3 Å². The number of carboxylic acid groups (broad SMARTS) is 1. The predicted molar refractivity (Wildman–Crippen MR) is 162 cm³/mol. The Morgan fingerprint density at radius 2 is 1.85 bits per heavy atom. The van der Waals surface area contributed by atoms with Crippen LogP contribution in [0.25, 0.3) is 0 Å². The number of likely N-dealkylation sites (tertiary alicyclic amines) is 2. The summed E-state index contributed by atoms with van der Waals surface area (Å²) < 4.78 is 14.2. The van der Waals surface area contributed by atoms with Crippen LogP contribution < -0.4 is 0 Å². The number of piperidine rings is 1. The summed E-state index contributed by atoms with van der Waals surface area (Å²) in [7, 11) is 0. The first kappa shape index (κ1) is 28.5. The molecule has 3 atom stereocenters. The molecule has 2 aliphatic heterocycles. The molecule has 3 aromatic rings. The van der Waals surface area contributed by atoms with Crippen LogP contribution in [-0.2, 0) is 17.6 Å². The number of hydrogen-bond donors (Lipinski definition) is 1. The molecule has 1 N–H and O–H groups in total. The minimum atomic E-state index is -0.709. The third-order valence-electron chi connectivity index (χ3n) is 9.48. The highest BCUT2D eigenvalue weighted by Gasteiger charge is 2.42. The summed E-state index contributed by atoms with van der Waals surface area (Å²) in [6, 6.07) is 17.1. The van der Waals surface area contributed by atoms with Gasteiger partial charge in [-0.05, 0) is 79.8 Å². The monoisotopic (exact) mass is 575 g/mol. The van der Waals surface area contributed by atoms with Crippen LogP contribution in [0.5, 0.6) is 0 Å². The molecule has 2 aromatic carbocycles. The third kappa shape index (κ3) is 6.90. The molecular weight excluding hydrogens is 533 g/mol. The minimum Gasteiger partial charge on any atom is -0.480 e. The van der Waals surface area contributed by atoms with Gasteiger partial charge in [0, 0.05) is 36.9 Å². The highest BCUT2D eigenvalue weighted by atomic mass is 32.1. The summed E-state index contributed by atoms with van der Waals surface area (Å²) >= 11 is 1.91. The average molecular weight is 576 g/mol. The maximum Gasteiger partial charge on any atom is 0.320 e. The van der Waals surface area contributed by atoms with Crippen molar-refractivity contribution in [2.45, 2.75) is 69.7 Å². The van der Waals surface area contributed by atoms with E-state index in [2.05, 4.69) is 47.1 Å². The minimum absolute atomic E-state index is 0.151. The van der Waals surface area contributed by atoms with Gasteiger partial charge in [0.1, 0.15) is 11.9 Å². The first-order valence-corrected chi connectivity index (χ1v) is 16.3. The van der Waals surface area contributed by atoms with Gasteiger partial charge in [-0.2, -0.15) is 0 Å². The van der Waals surface area contributed by atoms with E-state index < -0.39 is 12.0 Å². The number of halogens is 1. The highest BCUT2D eigenvalue weighted by molar-refractivity contribution is 7.11. The molecule has 0 radical (unpaired) electrons. The van der Waals surface area contributed by atoms with E-state index in [9.17, 15) is 14.3 Å². The Kier molecular flexibility index (Phi) is 8.84. The van der Waals surface area contributed by atoms with Crippen molar-refractivity contribution in [3.05, 3.63) is 87.1 Å². The van der Waals surface area contributed by atoms with Crippen LogP contribution in [-0.4, -0.2) is 64.6 Å². The lowest BCUT2D eigenvalue weighted by Crippen LogP contribution is -2.41. The van der Waals surface area contributed by atoms with Crippen molar-refractivity contribution in [2.75, 3.05) is 32.7 Å². The molecule has 1 saturated carbocycles. The number of benzene rings is 2. The van der Waals surface area contributed by atoms with E-state index in [1.807, 2.05) is 17.4 Å². The Morgan fingerprint density at radius 3 is 2.54 bits per heavy atom. The van der Waals surface area contributed by atoms with Crippen LogP contribution in [0, 0.1) is 17.7 Å². The van der Waals surface area contributed by atoms with E-state index in [0.29, 0.717) is 24.3 Å². The van der Waals surface area contributed by atoms with E-state index in [0.717, 1.165) is 76.7 Å². The molecule has 0 amide bonds. The van der Waals surface area contributed by atoms with Gasteiger partial charge in [-0.15, -0.1) is 11.3 Å². The van der Waals surface area contributed by atoms with Gasteiger partial charge >= 0.3 is 5.97 Å². The molecule has 0 spiro atoms. The number of hydrogen-bond acceptors (Lipinski definition) is 5. The lowest BCUT2D eigenvalue weighted by atomic mass is 9.87. The zero-order chi connectivity index (χ0) is 28.3. The summed E-state index contributed by atoms with van der Waals surface area (Å²) in [6.45, 7) is 6.68. The Morgan fingerprint density at radius 1 is 1.07 bits per heavy atom. The summed E-state index contributed by atoms with van der Waals surface area (Å²) in [6.07, 6.45) is 7.16. The van der Waals surface area contributed by atoms with Crippen molar-refractivity contribution in [3.8, 4) is 0 Å². The maximum atomic E-state index is 14.2. The van der Waals surface area contributed by atoms with Gasteiger partial charge in [-0.3, -0.25) is 9.69 Å². The zero-order valence-electron chi connectivity index (χ0n) is 24.1. The standard InChI is InChI=1S/C34H42FN3O2S/c1-2-30-33(41-32(36-30)18-23-7-4-3-5-8-23)25-13-15-37(16-14-25)20-27-21-38(31(34(39)40)17-24-11-12-24)22-29(27)26-9-6-10-28(35)19-26/h3-10,19,24-25,27,29,31H,2,11-18,20-22H2,1H3,(H,39,40). The van der Waals surface area contributed by atoms with Gasteiger partial charge in [0.25, 0.3) is 0 Å². The molecular formula is C34H42FN3O2S. The normalized spacial score (nSPS) is 23.2. The first-order chi connectivity index (χ1) is 20.0. The number of aryl methyl sites for hydroxylation is 1. The Balaban J connectivity index is 1.12. The average Bonchev–Trinajstić information content (AvgIpc) is 3.57. The fraction of sp³-hybridized carbons (Fsp3) is 0.529.